The molecule has 0 fully saturated rings. The number of allylic oxidation sites excluding steroid dienone is 2. The molecule has 0 aromatic carbocycles. The SMILES string of the molecule is C=C/C(=C\NC(N)=NC(C)(C)c1ncccc1Cl)n1cc(C(=O)O)cn1. The van der Waals surface area contributed by atoms with Crippen LogP contribution in [0.4, 0.5) is 0 Å². The average Bonchev–Trinajstić information content (AvgIpc) is 3.05. The molecule has 0 aliphatic carbocycles. The molecule has 9 heteroatoms. The van der Waals surface area contributed by atoms with Crippen LogP contribution >= 0.6 is 11.6 Å². The van der Waals surface area contributed by atoms with E-state index >= 15 is 0 Å². The smallest absolute Gasteiger partial charge is 0.338 e. The number of carboxylic acid groups (broad SMARTS) is 1. The predicted molar refractivity (Wildman–Crippen MR) is 101 cm³/mol. The molecule has 8 nitrogen and oxygen atoms in total. The second kappa shape index (κ2) is 7.83. The van der Waals surface area contributed by atoms with E-state index in [4.69, 9.17) is 22.4 Å². The van der Waals surface area contributed by atoms with E-state index < -0.39 is 11.5 Å². The number of aromatic carboxylic acids is 1. The van der Waals surface area contributed by atoms with Gasteiger partial charge in [-0.05, 0) is 32.1 Å². The van der Waals surface area contributed by atoms with Crippen molar-refractivity contribution in [2.24, 2.45) is 10.7 Å². The van der Waals surface area contributed by atoms with Crippen molar-refractivity contribution < 1.29 is 9.90 Å². The molecule has 0 saturated heterocycles. The number of aromatic nitrogens is 3. The van der Waals surface area contributed by atoms with Crippen LogP contribution in [0.15, 0.2) is 54.6 Å². The highest BCUT2D eigenvalue weighted by Gasteiger charge is 2.24. The Balaban J connectivity index is 2.21. The third-order valence-corrected chi connectivity index (χ3v) is 3.71. The lowest BCUT2D eigenvalue weighted by Gasteiger charge is -2.21. The Kier molecular flexibility index (Phi) is 5.78. The van der Waals surface area contributed by atoms with Crippen LogP contribution in [0.2, 0.25) is 5.02 Å². The van der Waals surface area contributed by atoms with E-state index in [1.807, 2.05) is 13.8 Å². The van der Waals surface area contributed by atoms with Crippen LogP contribution in [0.1, 0.15) is 29.9 Å². The van der Waals surface area contributed by atoms with E-state index in [1.165, 1.54) is 29.4 Å². The van der Waals surface area contributed by atoms with Gasteiger partial charge in [-0.15, -0.1) is 0 Å². The number of nitrogens with one attached hydrogen (secondary N) is 1. The summed E-state index contributed by atoms with van der Waals surface area (Å²) in [6.45, 7) is 7.35. The number of hydrogen-bond donors (Lipinski definition) is 3. The summed E-state index contributed by atoms with van der Waals surface area (Å²) in [7, 11) is 0. The number of nitrogens with zero attached hydrogens (tertiary/aromatic N) is 4. The second-order valence-electron chi connectivity index (χ2n) is 5.79. The van der Waals surface area contributed by atoms with Gasteiger partial charge in [-0.25, -0.2) is 14.5 Å². The van der Waals surface area contributed by atoms with Crippen LogP contribution in [-0.2, 0) is 5.54 Å². The van der Waals surface area contributed by atoms with E-state index in [0.29, 0.717) is 16.4 Å². The molecule has 0 radical (unpaired) electrons. The summed E-state index contributed by atoms with van der Waals surface area (Å²) in [6.07, 6.45) is 7.25. The topological polar surface area (TPSA) is 118 Å². The van der Waals surface area contributed by atoms with Gasteiger partial charge in [0.1, 0.15) is 5.54 Å². The minimum atomic E-state index is -1.07. The van der Waals surface area contributed by atoms with E-state index in [2.05, 4.69) is 27.0 Å². The van der Waals surface area contributed by atoms with Crippen molar-refractivity contribution in [2.45, 2.75) is 19.4 Å². The van der Waals surface area contributed by atoms with Crippen LogP contribution in [0.3, 0.4) is 0 Å². The van der Waals surface area contributed by atoms with Gasteiger partial charge >= 0.3 is 5.97 Å². The first-order chi connectivity index (χ1) is 12.2. The minimum absolute atomic E-state index is 0.0605. The third-order valence-electron chi connectivity index (χ3n) is 3.41. The van der Waals surface area contributed by atoms with Gasteiger partial charge in [0.05, 0.1) is 28.2 Å². The van der Waals surface area contributed by atoms with Gasteiger partial charge in [-0.2, -0.15) is 5.10 Å². The van der Waals surface area contributed by atoms with E-state index in [-0.39, 0.29) is 11.5 Å². The molecule has 136 valence electrons. The zero-order chi connectivity index (χ0) is 19.3. The number of halogens is 1. The average molecular weight is 375 g/mol. The molecule has 26 heavy (non-hydrogen) atoms. The highest BCUT2D eigenvalue weighted by Crippen LogP contribution is 2.28. The fourth-order valence-corrected chi connectivity index (χ4v) is 2.52. The number of pyridine rings is 1. The lowest BCUT2D eigenvalue weighted by Crippen LogP contribution is -2.32. The number of guanidine groups is 1. The highest BCUT2D eigenvalue weighted by atomic mass is 35.5. The van der Waals surface area contributed by atoms with Gasteiger partial charge < -0.3 is 16.2 Å². The molecule has 0 unspecified atom stereocenters. The Morgan fingerprint density at radius 1 is 1.54 bits per heavy atom. The fourth-order valence-electron chi connectivity index (χ4n) is 2.16. The molecule has 0 atom stereocenters. The molecule has 0 saturated carbocycles. The van der Waals surface area contributed by atoms with Crippen molar-refractivity contribution in [3.63, 3.8) is 0 Å². The van der Waals surface area contributed by atoms with Gasteiger partial charge in [-0.1, -0.05) is 18.2 Å². The monoisotopic (exact) mass is 374 g/mol. The highest BCUT2D eigenvalue weighted by molar-refractivity contribution is 6.31. The van der Waals surface area contributed by atoms with E-state index in [0.717, 1.165) is 0 Å². The van der Waals surface area contributed by atoms with Crippen molar-refractivity contribution in [1.82, 2.24) is 20.1 Å². The predicted octanol–water partition coefficient (Wildman–Crippen LogP) is 2.45. The molecular formula is C17H19ClN6O2. The molecule has 4 N–H and O–H groups in total. The molecular weight excluding hydrogens is 356 g/mol. The maximum absolute atomic E-state index is 10.9. The number of carboxylic acids is 1. The van der Waals surface area contributed by atoms with Crippen LogP contribution in [0.25, 0.3) is 5.70 Å². The summed E-state index contributed by atoms with van der Waals surface area (Å²) in [4.78, 5) is 19.6. The van der Waals surface area contributed by atoms with Crippen LogP contribution in [0, 0.1) is 0 Å². The molecule has 0 aliphatic rings. The maximum Gasteiger partial charge on any atom is 0.338 e. The zero-order valence-corrected chi connectivity index (χ0v) is 15.1. The normalized spacial score (nSPS) is 12.7. The Morgan fingerprint density at radius 3 is 2.85 bits per heavy atom. The maximum atomic E-state index is 10.9. The molecule has 0 spiro atoms. The first-order valence-corrected chi connectivity index (χ1v) is 7.96. The van der Waals surface area contributed by atoms with Gasteiger partial charge in [0.2, 0.25) is 0 Å². The molecule has 2 aromatic rings. The van der Waals surface area contributed by atoms with Gasteiger partial charge in [0.15, 0.2) is 5.96 Å². The standard InChI is InChI=1S/C17H19ClN6O2/c1-4-12(24-10-11(8-22-24)15(25)26)9-21-16(19)23-17(2,3)14-13(18)6-5-7-20-14/h4-10H,1H2,2-3H3,(H,25,26)(H3,19,21,23)/b12-9+. The van der Waals surface area contributed by atoms with Crippen LogP contribution in [-0.4, -0.2) is 31.8 Å². The van der Waals surface area contributed by atoms with Crippen molar-refractivity contribution in [1.29, 1.82) is 0 Å². The van der Waals surface area contributed by atoms with Crippen LogP contribution < -0.4 is 11.1 Å². The molecule has 2 rings (SSSR count). The van der Waals surface area contributed by atoms with Crippen molar-refractivity contribution >= 4 is 29.2 Å². The number of rotatable bonds is 6. The van der Waals surface area contributed by atoms with E-state index in [9.17, 15) is 4.79 Å². The Labute approximate surface area is 155 Å². The zero-order valence-electron chi connectivity index (χ0n) is 14.3. The Morgan fingerprint density at radius 2 is 2.27 bits per heavy atom. The number of hydrogen-bond acceptors (Lipinski definition) is 4. The summed E-state index contributed by atoms with van der Waals surface area (Å²) >= 11 is 6.17. The van der Waals surface area contributed by atoms with Crippen molar-refractivity contribution in [3.8, 4) is 0 Å². The van der Waals surface area contributed by atoms with Crippen molar-refractivity contribution in [3.05, 3.63) is 65.9 Å². The Bertz CT molecular complexity index is 885. The van der Waals surface area contributed by atoms with Gasteiger partial charge in [0, 0.05) is 18.6 Å². The number of carbonyl (C=O) groups is 1. The number of aliphatic imine (C=N–C) groups is 1. The lowest BCUT2D eigenvalue weighted by molar-refractivity contribution is 0.0697. The summed E-state index contributed by atoms with van der Waals surface area (Å²) in [6, 6.07) is 3.47. The van der Waals surface area contributed by atoms with Gasteiger partial charge in [-0.3, -0.25) is 4.98 Å². The summed E-state index contributed by atoms with van der Waals surface area (Å²) in [5, 5.41) is 16.3. The summed E-state index contributed by atoms with van der Waals surface area (Å²) in [5.74, 6) is -0.940. The molecule has 2 heterocycles. The van der Waals surface area contributed by atoms with Crippen LogP contribution in [0.5, 0.6) is 0 Å². The number of nitrogens with two attached hydrogens (primary N) is 1. The molecule has 0 amide bonds. The third kappa shape index (κ3) is 4.48. The first kappa shape index (κ1) is 19.2. The second-order valence-corrected chi connectivity index (χ2v) is 6.19. The quantitative estimate of drug-likeness (QED) is 0.406. The minimum Gasteiger partial charge on any atom is -0.478 e. The van der Waals surface area contributed by atoms with Crippen molar-refractivity contribution in [2.75, 3.05) is 0 Å². The Hall–Kier alpha value is -3.13. The molecule has 2 aromatic heterocycles. The largest absolute Gasteiger partial charge is 0.478 e. The fraction of sp³-hybridized carbons (Fsp3) is 0.176. The van der Waals surface area contributed by atoms with Gasteiger partial charge in [0.25, 0.3) is 0 Å². The lowest BCUT2D eigenvalue weighted by atomic mass is 10.0. The first-order valence-electron chi connectivity index (χ1n) is 7.58. The molecule has 0 aliphatic heterocycles. The summed E-state index contributed by atoms with van der Waals surface area (Å²) in [5.41, 5.74) is 6.34. The van der Waals surface area contributed by atoms with E-state index in [1.54, 1.807) is 18.3 Å². The molecule has 0 bridgehead atoms. The summed E-state index contributed by atoms with van der Waals surface area (Å²) < 4.78 is 1.36.